The normalized spacial score (nSPS) is 16.5. The van der Waals surface area contributed by atoms with E-state index >= 15 is 0 Å². The number of amides is 1. The molecule has 7 heteroatoms. The fraction of sp³-hybridized carbons (Fsp3) is 0.368. The monoisotopic (exact) mass is 376 g/mol. The first-order valence-corrected chi connectivity index (χ1v) is 8.81. The standard InChI is InChI=1S/C19H21ClN2O4/c1-12-11-16(13(2)22(12)15-5-3-14(20)4-6-15)17(23)21-9-7-19(26,8-10-21)18(24)25/h3-6,11,26H,7-10H2,1-2H3,(H,24,25). The number of halogens is 1. The van der Waals surface area contributed by atoms with E-state index in [0.29, 0.717) is 10.6 Å². The number of carbonyl (C=O) groups excluding carboxylic acids is 1. The summed E-state index contributed by atoms with van der Waals surface area (Å²) >= 11 is 5.95. The number of aliphatic carboxylic acids is 1. The van der Waals surface area contributed by atoms with E-state index < -0.39 is 11.6 Å². The first-order valence-electron chi connectivity index (χ1n) is 8.43. The zero-order valence-corrected chi connectivity index (χ0v) is 15.5. The summed E-state index contributed by atoms with van der Waals surface area (Å²) in [6, 6.07) is 9.22. The Morgan fingerprint density at radius 3 is 2.23 bits per heavy atom. The zero-order valence-electron chi connectivity index (χ0n) is 14.7. The Morgan fingerprint density at radius 1 is 1.12 bits per heavy atom. The van der Waals surface area contributed by atoms with Gasteiger partial charge in [0, 0.05) is 48.0 Å². The quantitative estimate of drug-likeness (QED) is 0.862. The van der Waals surface area contributed by atoms with Gasteiger partial charge in [0.1, 0.15) is 0 Å². The lowest BCUT2D eigenvalue weighted by Crippen LogP contribution is -2.50. The minimum atomic E-state index is -1.74. The van der Waals surface area contributed by atoms with Gasteiger partial charge in [-0.25, -0.2) is 4.79 Å². The van der Waals surface area contributed by atoms with Crippen LogP contribution in [0.15, 0.2) is 30.3 Å². The van der Waals surface area contributed by atoms with Gasteiger partial charge in [-0.3, -0.25) is 4.79 Å². The predicted octanol–water partition coefficient (Wildman–Crippen LogP) is 2.80. The second-order valence-electron chi connectivity index (χ2n) is 6.73. The lowest BCUT2D eigenvalue weighted by Gasteiger charge is -2.35. The van der Waals surface area contributed by atoms with Crippen molar-refractivity contribution in [3.8, 4) is 5.69 Å². The Hall–Kier alpha value is -2.31. The average molecular weight is 377 g/mol. The van der Waals surface area contributed by atoms with Crippen LogP contribution in [0.25, 0.3) is 5.69 Å². The molecule has 0 unspecified atom stereocenters. The summed E-state index contributed by atoms with van der Waals surface area (Å²) in [6.45, 7) is 4.24. The predicted molar refractivity (Wildman–Crippen MR) is 98.0 cm³/mol. The van der Waals surface area contributed by atoms with Gasteiger partial charge in [-0.15, -0.1) is 0 Å². The Morgan fingerprint density at radius 2 is 1.69 bits per heavy atom. The van der Waals surface area contributed by atoms with Crippen molar-refractivity contribution in [3.63, 3.8) is 0 Å². The Balaban J connectivity index is 1.84. The first kappa shape index (κ1) is 18.5. The Labute approximate surface area is 156 Å². The van der Waals surface area contributed by atoms with Gasteiger partial charge in [0.25, 0.3) is 5.91 Å². The van der Waals surface area contributed by atoms with Crippen molar-refractivity contribution in [1.29, 1.82) is 0 Å². The number of aromatic nitrogens is 1. The van der Waals surface area contributed by atoms with Gasteiger partial charge < -0.3 is 19.7 Å². The number of benzene rings is 1. The second kappa shape index (κ2) is 6.78. The molecule has 1 aliphatic heterocycles. The molecule has 0 saturated carbocycles. The van der Waals surface area contributed by atoms with E-state index in [9.17, 15) is 14.7 Å². The molecule has 0 aliphatic carbocycles. The van der Waals surface area contributed by atoms with Gasteiger partial charge in [-0.2, -0.15) is 0 Å². The van der Waals surface area contributed by atoms with Crippen LogP contribution in [-0.4, -0.2) is 50.2 Å². The smallest absolute Gasteiger partial charge is 0.335 e. The first-order chi connectivity index (χ1) is 12.2. The SMILES string of the molecule is Cc1cc(C(=O)N2CCC(O)(C(=O)O)CC2)c(C)n1-c1ccc(Cl)cc1. The van der Waals surface area contributed by atoms with Crippen LogP contribution in [0.2, 0.25) is 5.02 Å². The van der Waals surface area contributed by atoms with Crippen LogP contribution in [-0.2, 0) is 4.79 Å². The van der Waals surface area contributed by atoms with Gasteiger partial charge >= 0.3 is 5.97 Å². The van der Waals surface area contributed by atoms with E-state index in [2.05, 4.69) is 0 Å². The molecule has 3 rings (SSSR count). The van der Waals surface area contributed by atoms with Gasteiger partial charge in [-0.05, 0) is 44.2 Å². The zero-order chi connectivity index (χ0) is 19.1. The molecule has 1 saturated heterocycles. The van der Waals surface area contributed by atoms with Crippen LogP contribution in [0.1, 0.15) is 34.6 Å². The van der Waals surface area contributed by atoms with Crippen LogP contribution in [0.4, 0.5) is 0 Å². The van der Waals surface area contributed by atoms with Gasteiger partial charge in [0.2, 0.25) is 0 Å². The molecule has 1 fully saturated rings. The van der Waals surface area contributed by atoms with Gasteiger partial charge in [-0.1, -0.05) is 11.6 Å². The lowest BCUT2D eigenvalue weighted by molar-refractivity contribution is -0.162. The molecule has 2 N–H and O–H groups in total. The molecule has 138 valence electrons. The number of nitrogens with zero attached hydrogens (tertiary/aromatic N) is 2. The van der Waals surface area contributed by atoms with Gasteiger partial charge in [0.15, 0.2) is 5.60 Å². The fourth-order valence-electron chi connectivity index (χ4n) is 3.43. The number of carboxylic acid groups (broad SMARTS) is 1. The topological polar surface area (TPSA) is 82.8 Å². The van der Waals surface area contributed by atoms with E-state index in [-0.39, 0.29) is 31.8 Å². The van der Waals surface area contributed by atoms with Crippen LogP contribution in [0.3, 0.4) is 0 Å². The average Bonchev–Trinajstić information content (AvgIpc) is 2.90. The Kier molecular flexibility index (Phi) is 4.82. The molecule has 6 nitrogen and oxygen atoms in total. The van der Waals surface area contributed by atoms with Crippen molar-refractivity contribution >= 4 is 23.5 Å². The number of carbonyl (C=O) groups is 2. The van der Waals surface area contributed by atoms with Crippen LogP contribution >= 0.6 is 11.6 Å². The summed E-state index contributed by atoms with van der Waals surface area (Å²) in [4.78, 5) is 25.7. The Bertz CT molecular complexity index is 849. The third kappa shape index (κ3) is 3.22. The van der Waals surface area contributed by atoms with E-state index in [4.69, 9.17) is 16.7 Å². The highest BCUT2D eigenvalue weighted by molar-refractivity contribution is 6.30. The summed E-state index contributed by atoms with van der Waals surface area (Å²) < 4.78 is 1.99. The summed E-state index contributed by atoms with van der Waals surface area (Å²) in [5.74, 6) is -1.38. The number of aryl methyl sites for hydroxylation is 1. The van der Waals surface area contributed by atoms with E-state index in [1.165, 1.54) is 0 Å². The second-order valence-corrected chi connectivity index (χ2v) is 7.16. The number of hydrogen-bond donors (Lipinski definition) is 2. The summed E-state index contributed by atoms with van der Waals surface area (Å²) in [5, 5.41) is 19.8. The molecule has 26 heavy (non-hydrogen) atoms. The molecule has 1 amide bonds. The largest absolute Gasteiger partial charge is 0.479 e. The molecule has 2 heterocycles. The number of rotatable bonds is 3. The van der Waals surface area contributed by atoms with Crippen LogP contribution < -0.4 is 0 Å². The number of piperidine rings is 1. The summed E-state index contributed by atoms with van der Waals surface area (Å²) in [5.41, 5.74) is 1.50. The molecule has 2 aromatic rings. The highest BCUT2D eigenvalue weighted by Crippen LogP contribution is 2.27. The molecule has 0 bridgehead atoms. The molecular weight excluding hydrogens is 356 g/mol. The van der Waals surface area contributed by atoms with Crippen molar-refractivity contribution in [1.82, 2.24) is 9.47 Å². The molecule has 1 aliphatic rings. The maximum absolute atomic E-state index is 12.9. The highest BCUT2D eigenvalue weighted by atomic mass is 35.5. The molecule has 0 spiro atoms. The molecule has 1 aromatic carbocycles. The number of aliphatic hydroxyl groups is 1. The van der Waals surface area contributed by atoms with Crippen molar-refractivity contribution in [2.75, 3.05) is 13.1 Å². The van der Waals surface area contributed by atoms with Crippen LogP contribution in [0, 0.1) is 13.8 Å². The third-order valence-electron chi connectivity index (χ3n) is 5.02. The minimum Gasteiger partial charge on any atom is -0.479 e. The highest BCUT2D eigenvalue weighted by Gasteiger charge is 2.40. The van der Waals surface area contributed by atoms with E-state index in [1.54, 1.807) is 17.0 Å². The third-order valence-corrected chi connectivity index (χ3v) is 5.27. The molecule has 0 radical (unpaired) electrons. The van der Waals surface area contributed by atoms with Crippen LogP contribution in [0.5, 0.6) is 0 Å². The summed E-state index contributed by atoms with van der Waals surface area (Å²) in [6.07, 6.45) is 0.0635. The number of carboxylic acids is 1. The minimum absolute atomic E-state index is 0.0317. The number of hydrogen-bond acceptors (Lipinski definition) is 3. The van der Waals surface area contributed by atoms with E-state index in [0.717, 1.165) is 17.1 Å². The van der Waals surface area contributed by atoms with Gasteiger partial charge in [0.05, 0.1) is 5.56 Å². The molecule has 0 atom stereocenters. The van der Waals surface area contributed by atoms with E-state index in [1.807, 2.05) is 36.6 Å². The fourth-order valence-corrected chi connectivity index (χ4v) is 3.56. The number of likely N-dealkylation sites (tertiary alicyclic amines) is 1. The van der Waals surface area contributed by atoms with Crippen molar-refractivity contribution in [2.45, 2.75) is 32.3 Å². The molecular formula is C19H21ClN2O4. The lowest BCUT2D eigenvalue weighted by atomic mass is 9.91. The molecule has 1 aromatic heterocycles. The van der Waals surface area contributed by atoms with Crippen molar-refractivity contribution in [2.24, 2.45) is 0 Å². The summed E-state index contributed by atoms with van der Waals surface area (Å²) in [7, 11) is 0. The maximum Gasteiger partial charge on any atom is 0.335 e. The van der Waals surface area contributed by atoms with Crippen molar-refractivity contribution in [3.05, 3.63) is 52.3 Å². The maximum atomic E-state index is 12.9. The van der Waals surface area contributed by atoms with Crippen molar-refractivity contribution < 1.29 is 19.8 Å².